The molecule has 0 fully saturated rings. The third kappa shape index (κ3) is 5.80. The van der Waals surface area contributed by atoms with E-state index in [1.54, 1.807) is 0 Å². The van der Waals surface area contributed by atoms with Crippen LogP contribution in [-0.2, 0) is 11.0 Å². The van der Waals surface area contributed by atoms with Crippen LogP contribution in [0.2, 0.25) is 0 Å². The third-order valence-electron chi connectivity index (χ3n) is 4.28. The number of nitrogens with zero attached hydrogens (tertiary/aromatic N) is 1. The summed E-state index contributed by atoms with van der Waals surface area (Å²) in [7, 11) is 1.38. The lowest BCUT2D eigenvalue weighted by atomic mass is 10.0. The number of aromatic amines is 1. The zero-order chi connectivity index (χ0) is 22.8. The van der Waals surface area contributed by atoms with Crippen LogP contribution in [0.15, 0.2) is 42.5 Å². The number of alkyl halides is 6. The van der Waals surface area contributed by atoms with Crippen LogP contribution >= 0.6 is 0 Å². The van der Waals surface area contributed by atoms with Crippen LogP contribution in [0.25, 0.3) is 11.0 Å². The smallest absolute Gasteiger partial charge is 0.406 e. The maximum atomic E-state index is 13.1. The van der Waals surface area contributed by atoms with Crippen LogP contribution in [0.5, 0.6) is 5.75 Å². The van der Waals surface area contributed by atoms with Crippen LogP contribution in [0, 0.1) is 0 Å². The molecular weight excluding hydrogens is 430 g/mol. The molecule has 12 heteroatoms. The number of carbonyl (C=O) groups excluding carboxylic acids is 1. The summed E-state index contributed by atoms with van der Waals surface area (Å²) in [4.78, 5) is 18.8. The number of anilines is 1. The summed E-state index contributed by atoms with van der Waals surface area (Å²) in [5.74, 6) is -0.840. The molecule has 166 valence electrons. The van der Waals surface area contributed by atoms with Gasteiger partial charge in [-0.25, -0.2) is 4.98 Å². The second kappa shape index (κ2) is 8.36. The van der Waals surface area contributed by atoms with E-state index in [1.807, 2.05) is 0 Å². The highest BCUT2D eigenvalue weighted by atomic mass is 19.4. The monoisotopic (exact) mass is 446 g/mol. The number of amides is 1. The Labute approximate surface area is 171 Å². The number of hydrogen-bond donors (Lipinski definition) is 3. The van der Waals surface area contributed by atoms with Gasteiger partial charge in [0.2, 0.25) is 11.9 Å². The molecule has 0 saturated carbocycles. The lowest BCUT2D eigenvalue weighted by Gasteiger charge is -2.19. The topological polar surface area (TPSA) is 79.0 Å². The van der Waals surface area contributed by atoms with E-state index in [1.165, 1.54) is 25.2 Å². The van der Waals surface area contributed by atoms with Gasteiger partial charge in [0.25, 0.3) is 0 Å². The van der Waals surface area contributed by atoms with E-state index < -0.39 is 35.8 Å². The van der Waals surface area contributed by atoms with Gasteiger partial charge >= 0.3 is 12.5 Å². The quantitative estimate of drug-likeness (QED) is 0.477. The van der Waals surface area contributed by atoms with Crippen LogP contribution in [0.4, 0.5) is 32.3 Å². The molecule has 2 aromatic carbocycles. The minimum atomic E-state index is -4.86. The average Bonchev–Trinajstić information content (AvgIpc) is 3.07. The summed E-state index contributed by atoms with van der Waals surface area (Å²) in [6.07, 6.45) is -9.64. The fourth-order valence-electron chi connectivity index (χ4n) is 2.89. The van der Waals surface area contributed by atoms with Crippen molar-refractivity contribution >= 4 is 22.9 Å². The summed E-state index contributed by atoms with van der Waals surface area (Å²) < 4.78 is 80.3. The highest BCUT2D eigenvalue weighted by Crippen LogP contribution is 2.32. The van der Waals surface area contributed by atoms with E-state index in [9.17, 15) is 31.1 Å². The van der Waals surface area contributed by atoms with Crippen molar-refractivity contribution in [3.8, 4) is 5.75 Å². The van der Waals surface area contributed by atoms with Gasteiger partial charge in [0.1, 0.15) is 5.75 Å². The first kappa shape index (κ1) is 22.2. The number of halogens is 6. The molecule has 1 unspecified atom stereocenters. The average molecular weight is 446 g/mol. The molecule has 3 N–H and O–H groups in total. The molecule has 3 rings (SSSR count). The Morgan fingerprint density at radius 3 is 2.52 bits per heavy atom. The number of nitrogens with one attached hydrogen (secondary N) is 3. The molecular formula is C19H16F6N4O2. The number of benzene rings is 2. The molecule has 1 heterocycles. The van der Waals surface area contributed by atoms with Gasteiger partial charge < -0.3 is 20.4 Å². The van der Waals surface area contributed by atoms with Gasteiger partial charge in [0.15, 0.2) is 0 Å². The molecule has 3 aromatic rings. The zero-order valence-electron chi connectivity index (χ0n) is 15.9. The molecule has 6 nitrogen and oxygen atoms in total. The lowest BCUT2D eigenvalue weighted by Crippen LogP contribution is -2.24. The van der Waals surface area contributed by atoms with E-state index >= 15 is 0 Å². The molecule has 0 aliphatic heterocycles. The van der Waals surface area contributed by atoms with Crippen molar-refractivity contribution < 1.29 is 35.9 Å². The molecule has 0 spiro atoms. The minimum absolute atomic E-state index is 0.0606. The van der Waals surface area contributed by atoms with E-state index in [4.69, 9.17) is 0 Å². The van der Waals surface area contributed by atoms with Crippen molar-refractivity contribution in [2.45, 2.75) is 25.0 Å². The van der Waals surface area contributed by atoms with E-state index in [0.29, 0.717) is 5.52 Å². The lowest BCUT2D eigenvalue weighted by molar-refractivity contribution is -0.274. The van der Waals surface area contributed by atoms with Crippen molar-refractivity contribution in [2.24, 2.45) is 0 Å². The van der Waals surface area contributed by atoms with Gasteiger partial charge in [0.05, 0.1) is 29.1 Å². The van der Waals surface area contributed by atoms with E-state index in [-0.39, 0.29) is 23.4 Å². The number of imidazole rings is 1. The molecule has 1 amide bonds. The molecule has 0 saturated heterocycles. The number of aromatic nitrogens is 2. The Morgan fingerprint density at radius 1 is 1.13 bits per heavy atom. The Bertz CT molecular complexity index is 1080. The highest BCUT2D eigenvalue weighted by Gasteiger charge is 2.32. The van der Waals surface area contributed by atoms with Crippen molar-refractivity contribution in [3.05, 3.63) is 53.6 Å². The SMILES string of the molecule is CNC(=O)CC(Nc1nc2ccc(OC(F)(F)F)cc2[nH]1)c1cccc(C(F)(F)F)c1. The first-order valence-corrected chi connectivity index (χ1v) is 8.84. The normalized spacial score (nSPS) is 13.1. The van der Waals surface area contributed by atoms with Crippen LogP contribution < -0.4 is 15.4 Å². The molecule has 0 radical (unpaired) electrons. The largest absolute Gasteiger partial charge is 0.573 e. The summed E-state index contributed by atoms with van der Waals surface area (Å²) in [5, 5.41) is 5.24. The summed E-state index contributed by atoms with van der Waals surface area (Å²) in [5.41, 5.74) is -0.209. The molecule has 31 heavy (non-hydrogen) atoms. The maximum absolute atomic E-state index is 13.1. The van der Waals surface area contributed by atoms with Crippen molar-refractivity contribution in [1.82, 2.24) is 15.3 Å². The first-order valence-electron chi connectivity index (χ1n) is 8.84. The Morgan fingerprint density at radius 2 is 1.87 bits per heavy atom. The Kier molecular flexibility index (Phi) is 6.00. The van der Waals surface area contributed by atoms with Gasteiger partial charge in [-0.1, -0.05) is 12.1 Å². The standard InChI is InChI=1S/C19H16F6N4O2/c1-26-16(30)9-14(10-3-2-4-11(7-10)18(20,21)22)28-17-27-13-6-5-12(8-15(13)29-17)31-19(23,24)25/h2-8,14H,9H2,1H3,(H,26,30)(H2,27,28,29). The van der Waals surface area contributed by atoms with E-state index in [2.05, 4.69) is 25.3 Å². The van der Waals surface area contributed by atoms with Crippen LogP contribution in [0.1, 0.15) is 23.6 Å². The summed E-state index contributed by atoms with van der Waals surface area (Å²) in [6.45, 7) is 0. The fraction of sp³-hybridized carbons (Fsp3) is 0.263. The Balaban J connectivity index is 1.91. The summed E-state index contributed by atoms with van der Waals surface area (Å²) in [6, 6.07) is 7.02. The number of ether oxygens (including phenoxy) is 1. The highest BCUT2D eigenvalue weighted by molar-refractivity contribution is 5.80. The number of rotatable bonds is 6. The summed E-state index contributed by atoms with van der Waals surface area (Å²) >= 11 is 0. The number of carbonyl (C=O) groups is 1. The zero-order valence-corrected chi connectivity index (χ0v) is 15.9. The van der Waals surface area contributed by atoms with Gasteiger partial charge in [-0.3, -0.25) is 4.79 Å². The number of fused-ring (bicyclic) bond motifs is 1. The second-order valence-corrected chi connectivity index (χ2v) is 6.51. The van der Waals surface area contributed by atoms with E-state index in [0.717, 1.165) is 24.3 Å². The predicted octanol–water partition coefficient (Wildman–Crippen LogP) is 4.77. The van der Waals surface area contributed by atoms with Gasteiger partial charge in [-0.15, -0.1) is 13.2 Å². The van der Waals surface area contributed by atoms with Crippen molar-refractivity contribution in [3.63, 3.8) is 0 Å². The van der Waals surface area contributed by atoms with Gasteiger partial charge in [-0.05, 0) is 29.8 Å². The van der Waals surface area contributed by atoms with Gasteiger partial charge in [0, 0.05) is 13.1 Å². The van der Waals surface area contributed by atoms with Crippen molar-refractivity contribution in [1.29, 1.82) is 0 Å². The first-order chi connectivity index (χ1) is 14.4. The molecule has 1 atom stereocenters. The molecule has 0 aliphatic carbocycles. The second-order valence-electron chi connectivity index (χ2n) is 6.51. The molecule has 0 aliphatic rings. The Hall–Kier alpha value is -3.44. The fourth-order valence-corrected chi connectivity index (χ4v) is 2.89. The predicted molar refractivity (Wildman–Crippen MR) is 99.3 cm³/mol. The maximum Gasteiger partial charge on any atom is 0.573 e. The third-order valence-corrected chi connectivity index (χ3v) is 4.28. The van der Waals surface area contributed by atoms with Crippen LogP contribution in [0.3, 0.4) is 0 Å². The molecule has 0 bridgehead atoms. The minimum Gasteiger partial charge on any atom is -0.406 e. The number of H-pyrrole nitrogens is 1. The van der Waals surface area contributed by atoms with Crippen LogP contribution in [-0.4, -0.2) is 29.3 Å². The molecule has 1 aromatic heterocycles. The van der Waals surface area contributed by atoms with Gasteiger partial charge in [-0.2, -0.15) is 13.2 Å². The van der Waals surface area contributed by atoms with Crippen molar-refractivity contribution in [2.75, 3.05) is 12.4 Å². The number of hydrogen-bond acceptors (Lipinski definition) is 4.